The maximum absolute atomic E-state index is 12.3. The molecule has 1 aliphatic carbocycles. The minimum Gasteiger partial charge on any atom is -0.460 e. The molecule has 1 saturated heterocycles. The number of hydrogen-bond donors (Lipinski definition) is 0. The number of carbonyl (C=O) groups excluding carboxylic acids is 2. The summed E-state index contributed by atoms with van der Waals surface area (Å²) in [5.41, 5.74) is 0.913. The van der Waals surface area contributed by atoms with E-state index in [1.54, 1.807) is 6.92 Å². The van der Waals surface area contributed by atoms with Gasteiger partial charge in [0.05, 0.1) is 6.42 Å². The fourth-order valence-electron chi connectivity index (χ4n) is 4.27. The molecule has 1 saturated carbocycles. The third kappa shape index (κ3) is 5.81. The van der Waals surface area contributed by atoms with Crippen molar-refractivity contribution in [1.82, 2.24) is 9.80 Å². The number of benzene rings is 1. The summed E-state index contributed by atoms with van der Waals surface area (Å²) >= 11 is 0. The highest BCUT2D eigenvalue weighted by Gasteiger charge is 2.44. The number of carbonyl (C=O) groups is 2. The second kappa shape index (κ2) is 8.64. The number of ether oxygens (including phenoxy) is 1. The van der Waals surface area contributed by atoms with Gasteiger partial charge in [-0.15, -0.1) is 0 Å². The fourth-order valence-corrected chi connectivity index (χ4v) is 4.27. The molecule has 0 N–H and O–H groups in total. The van der Waals surface area contributed by atoms with Gasteiger partial charge in [0.2, 0.25) is 5.91 Å². The molecule has 0 bridgehead atoms. The molecule has 5 nitrogen and oxygen atoms in total. The van der Waals surface area contributed by atoms with E-state index < -0.39 is 5.60 Å². The topological polar surface area (TPSA) is 49.9 Å². The summed E-state index contributed by atoms with van der Waals surface area (Å²) in [6, 6.07) is 10.8. The molecule has 3 rings (SSSR count). The Morgan fingerprint density at radius 2 is 1.93 bits per heavy atom. The molecule has 1 amide bonds. The van der Waals surface area contributed by atoms with Gasteiger partial charge in [-0.2, -0.15) is 0 Å². The van der Waals surface area contributed by atoms with Crippen LogP contribution in [0.2, 0.25) is 0 Å². The molecular weight excluding hydrogens is 352 g/mol. The van der Waals surface area contributed by atoms with Crippen LogP contribution in [0.3, 0.4) is 0 Å². The van der Waals surface area contributed by atoms with Gasteiger partial charge in [0.25, 0.3) is 0 Å². The lowest BCUT2D eigenvalue weighted by Gasteiger charge is -2.25. The van der Waals surface area contributed by atoms with Crippen LogP contribution < -0.4 is 0 Å². The molecule has 0 spiro atoms. The summed E-state index contributed by atoms with van der Waals surface area (Å²) < 4.78 is 5.40. The van der Waals surface area contributed by atoms with Crippen molar-refractivity contribution in [3.05, 3.63) is 35.9 Å². The lowest BCUT2D eigenvalue weighted by Crippen LogP contribution is -2.37. The average Bonchev–Trinajstić information content (AvgIpc) is 3.28. The maximum Gasteiger partial charge on any atom is 0.307 e. The zero-order valence-electron chi connectivity index (χ0n) is 17.7. The van der Waals surface area contributed by atoms with Crippen LogP contribution in [0.5, 0.6) is 0 Å². The summed E-state index contributed by atoms with van der Waals surface area (Å²) in [6.07, 6.45) is 2.58. The van der Waals surface area contributed by atoms with E-state index in [0.717, 1.165) is 39.0 Å². The first-order valence-corrected chi connectivity index (χ1v) is 10.5. The molecule has 0 aromatic heterocycles. The van der Waals surface area contributed by atoms with Crippen LogP contribution in [0.1, 0.15) is 58.4 Å². The largest absolute Gasteiger partial charge is 0.460 e. The molecular formula is C23H34N2O3. The highest BCUT2D eigenvalue weighted by molar-refractivity contribution is 5.74. The Balaban J connectivity index is 1.46. The first-order chi connectivity index (χ1) is 13.2. The minimum absolute atomic E-state index is 0.134. The highest BCUT2D eigenvalue weighted by Crippen LogP contribution is 2.45. The summed E-state index contributed by atoms with van der Waals surface area (Å²) in [5, 5.41) is 0. The van der Waals surface area contributed by atoms with E-state index in [4.69, 9.17) is 4.74 Å². The van der Waals surface area contributed by atoms with Crippen molar-refractivity contribution < 1.29 is 14.3 Å². The molecule has 28 heavy (non-hydrogen) atoms. The molecule has 1 aromatic rings. The van der Waals surface area contributed by atoms with E-state index in [-0.39, 0.29) is 11.9 Å². The van der Waals surface area contributed by atoms with Gasteiger partial charge in [0, 0.05) is 38.5 Å². The van der Waals surface area contributed by atoms with Gasteiger partial charge in [-0.3, -0.25) is 9.59 Å². The second-order valence-electron chi connectivity index (χ2n) is 9.28. The third-order valence-electron chi connectivity index (χ3n) is 5.67. The first kappa shape index (κ1) is 20.8. The lowest BCUT2D eigenvalue weighted by molar-refractivity contribution is -0.155. The van der Waals surface area contributed by atoms with Crippen LogP contribution in [0, 0.1) is 5.92 Å². The third-order valence-corrected chi connectivity index (χ3v) is 5.67. The van der Waals surface area contributed by atoms with Crippen molar-refractivity contribution in [3.63, 3.8) is 0 Å². The number of rotatable bonds is 7. The van der Waals surface area contributed by atoms with E-state index in [2.05, 4.69) is 34.1 Å². The summed E-state index contributed by atoms with van der Waals surface area (Å²) in [7, 11) is 0. The van der Waals surface area contributed by atoms with Gasteiger partial charge in [-0.25, -0.2) is 0 Å². The number of esters is 1. The van der Waals surface area contributed by atoms with E-state index in [0.29, 0.717) is 24.3 Å². The smallest absolute Gasteiger partial charge is 0.307 e. The standard InChI is InChI=1S/C23H34N2O3/c1-17(26)25(21-14-20(21)19-8-6-5-7-9-19)16-18-10-12-24(15-18)13-11-22(27)28-23(2,3)4/h5-9,18,20-21H,10-16H2,1-4H3/t18-,20-,21+/m0/s1. The molecule has 2 fully saturated rings. The van der Waals surface area contributed by atoms with Crippen LogP contribution in [0.15, 0.2) is 30.3 Å². The number of hydrogen-bond acceptors (Lipinski definition) is 4. The van der Waals surface area contributed by atoms with Crippen molar-refractivity contribution in [2.75, 3.05) is 26.2 Å². The average molecular weight is 387 g/mol. The molecule has 1 heterocycles. The zero-order valence-corrected chi connectivity index (χ0v) is 17.7. The minimum atomic E-state index is -0.424. The Bertz CT molecular complexity index is 683. The van der Waals surface area contributed by atoms with Gasteiger partial charge in [0.1, 0.15) is 5.60 Å². The number of nitrogens with zero attached hydrogens (tertiary/aromatic N) is 2. The monoisotopic (exact) mass is 386 g/mol. The molecule has 5 heteroatoms. The molecule has 1 aliphatic heterocycles. The normalized spacial score (nSPS) is 24.8. The molecule has 2 aliphatic rings. The Kier molecular flexibility index (Phi) is 6.43. The van der Waals surface area contributed by atoms with Crippen LogP contribution in [-0.2, 0) is 14.3 Å². The van der Waals surface area contributed by atoms with Crippen LogP contribution >= 0.6 is 0 Å². The van der Waals surface area contributed by atoms with E-state index in [1.165, 1.54) is 5.56 Å². The predicted octanol–water partition coefficient (Wildman–Crippen LogP) is 3.44. The van der Waals surface area contributed by atoms with Crippen molar-refractivity contribution in [3.8, 4) is 0 Å². The van der Waals surface area contributed by atoms with Gasteiger partial charge in [-0.1, -0.05) is 30.3 Å². The quantitative estimate of drug-likeness (QED) is 0.674. The van der Waals surface area contributed by atoms with Crippen molar-refractivity contribution in [1.29, 1.82) is 0 Å². The lowest BCUT2D eigenvalue weighted by atomic mass is 10.1. The molecule has 3 atom stereocenters. The van der Waals surface area contributed by atoms with Crippen molar-refractivity contribution in [2.45, 2.75) is 64.5 Å². The number of amides is 1. The van der Waals surface area contributed by atoms with Gasteiger partial charge < -0.3 is 14.5 Å². The first-order valence-electron chi connectivity index (χ1n) is 10.5. The summed E-state index contributed by atoms with van der Waals surface area (Å²) in [5.74, 6) is 1.01. The summed E-state index contributed by atoms with van der Waals surface area (Å²) in [6.45, 7) is 10.9. The fraction of sp³-hybridized carbons (Fsp3) is 0.652. The van der Waals surface area contributed by atoms with Gasteiger partial charge in [-0.05, 0) is 51.6 Å². The summed E-state index contributed by atoms with van der Waals surface area (Å²) in [4.78, 5) is 28.6. The van der Waals surface area contributed by atoms with Crippen molar-refractivity contribution in [2.24, 2.45) is 5.92 Å². The van der Waals surface area contributed by atoms with Crippen LogP contribution in [0.25, 0.3) is 0 Å². The van der Waals surface area contributed by atoms with E-state index >= 15 is 0 Å². The Morgan fingerprint density at radius 3 is 2.57 bits per heavy atom. The molecule has 0 unspecified atom stereocenters. The number of likely N-dealkylation sites (tertiary alicyclic amines) is 1. The van der Waals surface area contributed by atoms with Crippen LogP contribution in [0.4, 0.5) is 0 Å². The Hall–Kier alpha value is -1.88. The highest BCUT2D eigenvalue weighted by atomic mass is 16.6. The maximum atomic E-state index is 12.3. The predicted molar refractivity (Wildman–Crippen MR) is 110 cm³/mol. The van der Waals surface area contributed by atoms with E-state index in [1.807, 2.05) is 26.8 Å². The van der Waals surface area contributed by atoms with Crippen molar-refractivity contribution >= 4 is 11.9 Å². The Morgan fingerprint density at radius 1 is 1.21 bits per heavy atom. The van der Waals surface area contributed by atoms with Gasteiger partial charge >= 0.3 is 5.97 Å². The van der Waals surface area contributed by atoms with E-state index in [9.17, 15) is 9.59 Å². The van der Waals surface area contributed by atoms with Crippen LogP contribution in [-0.4, -0.2) is 59.5 Å². The molecule has 1 aromatic carbocycles. The van der Waals surface area contributed by atoms with Gasteiger partial charge in [0.15, 0.2) is 0 Å². The Labute approximate surface area is 169 Å². The molecule has 0 radical (unpaired) electrons. The SMILES string of the molecule is CC(=O)N(C[C@H]1CCN(CCC(=O)OC(C)(C)C)C1)[C@@H]1C[C@H]1c1ccccc1. The second-order valence-corrected chi connectivity index (χ2v) is 9.28. The molecule has 154 valence electrons. The zero-order chi connectivity index (χ0) is 20.3.